The van der Waals surface area contributed by atoms with Gasteiger partial charge in [-0.2, -0.15) is 0 Å². The van der Waals surface area contributed by atoms with E-state index in [-0.39, 0.29) is 5.56 Å². The van der Waals surface area contributed by atoms with E-state index in [0.29, 0.717) is 26.8 Å². The summed E-state index contributed by atoms with van der Waals surface area (Å²) >= 11 is 7.88. The van der Waals surface area contributed by atoms with Gasteiger partial charge in [-0.05, 0) is 24.3 Å². The monoisotopic (exact) mass is 367 g/mol. The molecule has 0 fully saturated rings. The number of rotatable bonds is 3. The third kappa shape index (κ3) is 2.90. The van der Waals surface area contributed by atoms with Gasteiger partial charge in [0.25, 0.3) is 5.56 Å². The molecule has 4 aromatic rings. The van der Waals surface area contributed by atoms with Gasteiger partial charge in [-0.15, -0.1) is 0 Å². The second kappa shape index (κ2) is 6.50. The van der Waals surface area contributed by atoms with Crippen LogP contribution in [0.1, 0.15) is 5.56 Å². The Bertz CT molecular complexity index is 1160. The van der Waals surface area contributed by atoms with Crippen LogP contribution in [0.5, 0.6) is 0 Å². The average molecular weight is 368 g/mol. The highest BCUT2D eigenvalue weighted by molar-refractivity contribution is 7.98. The molecular weight excluding hydrogens is 354 g/mol. The molecule has 124 valence electrons. The number of hydrogen-bond acceptors (Lipinski definition) is 4. The Morgan fingerprint density at radius 2 is 1.96 bits per heavy atom. The van der Waals surface area contributed by atoms with E-state index in [0.717, 1.165) is 16.5 Å². The van der Waals surface area contributed by atoms with Crippen LogP contribution in [0.25, 0.3) is 21.8 Å². The Kier molecular flexibility index (Phi) is 4.19. The molecule has 0 atom stereocenters. The molecule has 0 amide bonds. The van der Waals surface area contributed by atoms with Gasteiger partial charge in [0.1, 0.15) is 0 Å². The van der Waals surface area contributed by atoms with Crippen LogP contribution in [0, 0.1) is 0 Å². The normalized spacial score (nSPS) is 11.3. The van der Waals surface area contributed by atoms with Gasteiger partial charge < -0.3 is 0 Å². The van der Waals surface area contributed by atoms with E-state index in [4.69, 9.17) is 11.6 Å². The van der Waals surface area contributed by atoms with Crippen LogP contribution in [-0.4, -0.2) is 14.5 Å². The van der Waals surface area contributed by atoms with Crippen molar-refractivity contribution < 1.29 is 0 Å². The molecule has 25 heavy (non-hydrogen) atoms. The van der Waals surface area contributed by atoms with E-state index in [1.165, 1.54) is 11.8 Å². The van der Waals surface area contributed by atoms with Gasteiger partial charge in [0.15, 0.2) is 5.16 Å². The molecule has 0 N–H and O–H groups in total. The first-order chi connectivity index (χ1) is 12.1. The summed E-state index contributed by atoms with van der Waals surface area (Å²) in [5.41, 5.74) is 2.49. The number of aromatic nitrogens is 3. The van der Waals surface area contributed by atoms with E-state index < -0.39 is 0 Å². The minimum absolute atomic E-state index is 0.0461. The number of nitrogens with zero attached hydrogens (tertiary/aromatic N) is 3. The van der Waals surface area contributed by atoms with Crippen LogP contribution in [0.4, 0.5) is 0 Å². The molecule has 4 nitrogen and oxygen atoms in total. The summed E-state index contributed by atoms with van der Waals surface area (Å²) in [6, 6.07) is 15.1. The number of fused-ring (bicyclic) bond motifs is 2. The van der Waals surface area contributed by atoms with Crippen LogP contribution in [-0.2, 0) is 12.8 Å². The predicted molar refractivity (Wildman–Crippen MR) is 103 cm³/mol. The Hall–Kier alpha value is -2.37. The highest BCUT2D eigenvalue weighted by Crippen LogP contribution is 2.30. The highest BCUT2D eigenvalue weighted by atomic mass is 35.5. The first-order valence-corrected chi connectivity index (χ1v) is 9.12. The first-order valence-electron chi connectivity index (χ1n) is 7.76. The summed E-state index contributed by atoms with van der Waals surface area (Å²) in [5, 5.41) is 3.00. The summed E-state index contributed by atoms with van der Waals surface area (Å²) in [7, 11) is 1.74. The maximum Gasteiger partial charge on any atom is 0.261 e. The predicted octanol–water partition coefficient (Wildman–Crippen LogP) is 4.43. The van der Waals surface area contributed by atoms with E-state index >= 15 is 0 Å². The van der Waals surface area contributed by atoms with Gasteiger partial charge in [-0.3, -0.25) is 14.3 Å². The van der Waals surface area contributed by atoms with Gasteiger partial charge in [0, 0.05) is 35.0 Å². The van der Waals surface area contributed by atoms with Gasteiger partial charge in [-0.1, -0.05) is 47.6 Å². The lowest BCUT2D eigenvalue weighted by Gasteiger charge is -2.11. The fourth-order valence-corrected chi connectivity index (χ4v) is 4.09. The molecule has 0 spiro atoms. The van der Waals surface area contributed by atoms with Crippen LogP contribution in [0.15, 0.2) is 64.7 Å². The molecule has 0 bridgehead atoms. The van der Waals surface area contributed by atoms with Gasteiger partial charge in [-0.25, -0.2) is 4.98 Å². The van der Waals surface area contributed by atoms with Crippen molar-refractivity contribution in [1.29, 1.82) is 0 Å². The van der Waals surface area contributed by atoms with Crippen LogP contribution < -0.4 is 5.56 Å². The molecule has 2 aromatic carbocycles. The molecular formula is C19H14ClN3OS. The van der Waals surface area contributed by atoms with E-state index in [1.54, 1.807) is 23.9 Å². The zero-order valence-electron chi connectivity index (χ0n) is 13.4. The molecule has 0 aliphatic heterocycles. The fourth-order valence-electron chi connectivity index (χ4n) is 2.78. The maximum absolute atomic E-state index is 12.5. The smallest absolute Gasteiger partial charge is 0.261 e. The number of benzene rings is 2. The minimum atomic E-state index is -0.0461. The molecule has 0 radical (unpaired) electrons. The fraction of sp³-hybridized carbons (Fsp3) is 0.105. The molecule has 0 aliphatic carbocycles. The third-order valence-corrected chi connectivity index (χ3v) is 5.52. The Morgan fingerprint density at radius 3 is 2.84 bits per heavy atom. The lowest BCUT2D eigenvalue weighted by atomic mass is 10.1. The van der Waals surface area contributed by atoms with Crippen molar-refractivity contribution in [3.05, 3.63) is 75.7 Å². The van der Waals surface area contributed by atoms with Crippen LogP contribution in [0.2, 0.25) is 5.02 Å². The Labute approximate surface area is 153 Å². The lowest BCUT2D eigenvalue weighted by molar-refractivity contribution is 0.726. The molecule has 2 aromatic heterocycles. The van der Waals surface area contributed by atoms with Crippen molar-refractivity contribution >= 4 is 45.2 Å². The molecule has 0 unspecified atom stereocenters. The number of halogens is 1. The van der Waals surface area contributed by atoms with Crippen molar-refractivity contribution in [1.82, 2.24) is 14.5 Å². The van der Waals surface area contributed by atoms with Crippen molar-refractivity contribution in [2.75, 3.05) is 0 Å². The molecule has 4 rings (SSSR count). The van der Waals surface area contributed by atoms with Gasteiger partial charge in [0.2, 0.25) is 0 Å². The summed E-state index contributed by atoms with van der Waals surface area (Å²) in [6.45, 7) is 0. The Morgan fingerprint density at radius 1 is 1.12 bits per heavy atom. The highest BCUT2D eigenvalue weighted by Gasteiger charge is 2.12. The van der Waals surface area contributed by atoms with E-state index in [2.05, 4.69) is 9.97 Å². The summed E-state index contributed by atoms with van der Waals surface area (Å²) in [4.78, 5) is 21.6. The quantitative estimate of drug-likeness (QED) is 0.397. The van der Waals surface area contributed by atoms with Crippen molar-refractivity contribution in [2.45, 2.75) is 10.9 Å². The Balaban J connectivity index is 1.75. The summed E-state index contributed by atoms with van der Waals surface area (Å²) < 4.78 is 1.58. The average Bonchev–Trinajstić information content (AvgIpc) is 2.64. The topological polar surface area (TPSA) is 47.8 Å². The van der Waals surface area contributed by atoms with Crippen molar-refractivity contribution in [2.24, 2.45) is 7.05 Å². The molecule has 2 heterocycles. The van der Waals surface area contributed by atoms with Crippen molar-refractivity contribution in [3.8, 4) is 0 Å². The largest absolute Gasteiger partial charge is 0.290 e. The number of para-hydroxylation sites is 1. The molecule has 0 saturated heterocycles. The van der Waals surface area contributed by atoms with Crippen LogP contribution >= 0.6 is 23.4 Å². The second-order valence-electron chi connectivity index (χ2n) is 5.67. The maximum atomic E-state index is 12.5. The van der Waals surface area contributed by atoms with Crippen molar-refractivity contribution in [3.63, 3.8) is 0 Å². The summed E-state index contributed by atoms with van der Waals surface area (Å²) in [5.74, 6) is 0.589. The van der Waals surface area contributed by atoms with Gasteiger partial charge >= 0.3 is 0 Å². The standard InChI is InChI=1S/C19H14ClN3OS/c1-23-18(24)13-6-2-3-7-16(13)22-19(23)25-11-14-15(20)9-8-12-5-4-10-21-17(12)14/h2-10H,11H2,1H3. The van der Waals surface area contributed by atoms with Crippen LogP contribution in [0.3, 0.4) is 0 Å². The second-order valence-corrected chi connectivity index (χ2v) is 7.02. The third-order valence-electron chi connectivity index (χ3n) is 4.11. The number of thioether (sulfide) groups is 1. The SMILES string of the molecule is Cn1c(SCc2c(Cl)ccc3cccnc23)nc2ccccc2c1=O. The minimum Gasteiger partial charge on any atom is -0.290 e. The summed E-state index contributed by atoms with van der Waals surface area (Å²) in [6.07, 6.45) is 1.76. The zero-order chi connectivity index (χ0) is 17.4. The molecule has 0 aliphatic rings. The number of pyridine rings is 1. The lowest BCUT2D eigenvalue weighted by Crippen LogP contribution is -2.19. The zero-order valence-corrected chi connectivity index (χ0v) is 15.0. The first kappa shape index (κ1) is 16.1. The molecule has 6 heteroatoms. The van der Waals surface area contributed by atoms with E-state index in [9.17, 15) is 4.79 Å². The van der Waals surface area contributed by atoms with E-state index in [1.807, 2.05) is 42.5 Å². The van der Waals surface area contributed by atoms with Gasteiger partial charge in [0.05, 0.1) is 16.4 Å². The number of hydrogen-bond donors (Lipinski definition) is 0. The molecule has 0 saturated carbocycles.